The molecule has 0 aliphatic rings. The van der Waals surface area contributed by atoms with Crippen LogP contribution < -0.4 is 5.73 Å². The van der Waals surface area contributed by atoms with Crippen LogP contribution in [0.1, 0.15) is 22.3 Å². The molecule has 2 N–H and O–H groups in total. The highest BCUT2D eigenvalue weighted by atomic mass is 35.5. The first-order valence-corrected chi connectivity index (χ1v) is 8.34. The average molecular weight is 348 g/mol. The van der Waals surface area contributed by atoms with Gasteiger partial charge in [0.25, 0.3) is 0 Å². The van der Waals surface area contributed by atoms with Gasteiger partial charge in [0.2, 0.25) is 0 Å². The predicted octanol–water partition coefficient (Wildman–Crippen LogP) is 5.45. The second-order valence-electron chi connectivity index (χ2n) is 6.16. The highest BCUT2D eigenvalue weighted by Crippen LogP contribution is 2.37. The van der Waals surface area contributed by atoms with E-state index in [0.717, 1.165) is 39.1 Å². The van der Waals surface area contributed by atoms with Crippen LogP contribution in [0, 0.1) is 32.1 Å². The van der Waals surface area contributed by atoms with Gasteiger partial charge in [0.1, 0.15) is 17.5 Å². The van der Waals surface area contributed by atoms with Gasteiger partial charge in [-0.25, -0.2) is 4.98 Å². The number of hydrogen-bond donors (Lipinski definition) is 1. The van der Waals surface area contributed by atoms with Crippen molar-refractivity contribution in [3.8, 4) is 28.5 Å². The lowest BCUT2D eigenvalue weighted by Gasteiger charge is -2.17. The summed E-state index contributed by atoms with van der Waals surface area (Å²) < 4.78 is 0. The molecular formula is C21H18ClN3. The van der Waals surface area contributed by atoms with Crippen molar-refractivity contribution in [3.63, 3.8) is 0 Å². The summed E-state index contributed by atoms with van der Waals surface area (Å²) >= 11 is 6.00. The summed E-state index contributed by atoms with van der Waals surface area (Å²) in [7, 11) is 0. The van der Waals surface area contributed by atoms with Crippen molar-refractivity contribution in [2.75, 3.05) is 5.73 Å². The van der Waals surface area contributed by atoms with Crippen molar-refractivity contribution < 1.29 is 0 Å². The first-order chi connectivity index (χ1) is 11.9. The van der Waals surface area contributed by atoms with Gasteiger partial charge in [0.15, 0.2) is 0 Å². The van der Waals surface area contributed by atoms with Gasteiger partial charge in [-0.2, -0.15) is 5.26 Å². The summed E-state index contributed by atoms with van der Waals surface area (Å²) in [5.74, 6) is 0.244. The van der Waals surface area contributed by atoms with Crippen LogP contribution in [0.25, 0.3) is 22.4 Å². The van der Waals surface area contributed by atoms with E-state index in [-0.39, 0.29) is 5.82 Å². The van der Waals surface area contributed by atoms with Crippen molar-refractivity contribution in [1.82, 2.24) is 4.98 Å². The number of hydrogen-bond acceptors (Lipinski definition) is 3. The lowest BCUT2D eigenvalue weighted by molar-refractivity contribution is 1.25. The molecule has 25 heavy (non-hydrogen) atoms. The number of nitrogen functional groups attached to an aromatic ring is 1. The molecule has 0 bridgehead atoms. The Kier molecular flexibility index (Phi) is 4.48. The molecule has 3 rings (SSSR count). The van der Waals surface area contributed by atoms with Crippen molar-refractivity contribution in [3.05, 3.63) is 69.7 Å². The van der Waals surface area contributed by atoms with Crippen molar-refractivity contribution in [1.29, 1.82) is 5.26 Å². The van der Waals surface area contributed by atoms with Gasteiger partial charge >= 0.3 is 0 Å². The SMILES string of the molecule is Cc1ccc(C)c(-c2c(C)c(-c3ccc(Cl)cc3)nc(N)c2C#N)c1. The van der Waals surface area contributed by atoms with Crippen molar-refractivity contribution in [2.45, 2.75) is 20.8 Å². The topological polar surface area (TPSA) is 62.7 Å². The summed E-state index contributed by atoms with van der Waals surface area (Å²) in [6.45, 7) is 6.05. The molecule has 1 heterocycles. The third-order valence-corrected chi connectivity index (χ3v) is 4.61. The van der Waals surface area contributed by atoms with Crippen LogP contribution in [0.15, 0.2) is 42.5 Å². The Morgan fingerprint density at radius 2 is 1.72 bits per heavy atom. The molecule has 0 saturated carbocycles. The van der Waals surface area contributed by atoms with Crippen LogP contribution in [0.3, 0.4) is 0 Å². The highest BCUT2D eigenvalue weighted by Gasteiger charge is 2.19. The Labute approximate surface area is 152 Å². The minimum Gasteiger partial charge on any atom is -0.383 e. The van der Waals surface area contributed by atoms with Crippen molar-refractivity contribution in [2.24, 2.45) is 0 Å². The Morgan fingerprint density at radius 3 is 2.36 bits per heavy atom. The number of rotatable bonds is 2. The second-order valence-corrected chi connectivity index (χ2v) is 6.59. The van der Waals surface area contributed by atoms with Crippen LogP contribution in [0.4, 0.5) is 5.82 Å². The number of nitriles is 1. The fourth-order valence-electron chi connectivity index (χ4n) is 3.04. The monoisotopic (exact) mass is 347 g/mol. The lowest BCUT2D eigenvalue weighted by Crippen LogP contribution is -2.04. The molecule has 0 unspecified atom stereocenters. The van der Waals surface area contributed by atoms with E-state index in [1.165, 1.54) is 0 Å². The van der Waals surface area contributed by atoms with Crippen LogP contribution in [-0.2, 0) is 0 Å². The van der Waals surface area contributed by atoms with Crippen LogP contribution in [0.5, 0.6) is 0 Å². The smallest absolute Gasteiger partial charge is 0.142 e. The number of pyridine rings is 1. The van der Waals surface area contributed by atoms with E-state index in [9.17, 15) is 5.26 Å². The van der Waals surface area contributed by atoms with E-state index < -0.39 is 0 Å². The van der Waals surface area contributed by atoms with Gasteiger partial charge in [-0.1, -0.05) is 47.5 Å². The second kappa shape index (κ2) is 6.58. The summed E-state index contributed by atoms with van der Waals surface area (Å²) in [6.07, 6.45) is 0. The molecule has 0 aliphatic carbocycles. The first-order valence-electron chi connectivity index (χ1n) is 7.96. The third kappa shape index (κ3) is 3.09. The van der Waals surface area contributed by atoms with Gasteiger partial charge < -0.3 is 5.73 Å². The maximum Gasteiger partial charge on any atom is 0.142 e. The number of nitrogens with two attached hydrogens (primary N) is 1. The number of anilines is 1. The molecule has 0 fully saturated rings. The Morgan fingerprint density at radius 1 is 1.04 bits per heavy atom. The lowest BCUT2D eigenvalue weighted by atomic mass is 9.89. The van der Waals surface area contributed by atoms with Gasteiger partial charge in [-0.15, -0.1) is 0 Å². The van der Waals surface area contributed by atoms with Gasteiger partial charge in [-0.05, 0) is 49.6 Å². The number of halogens is 1. The summed E-state index contributed by atoms with van der Waals surface area (Å²) in [5.41, 5.74) is 13.3. The largest absolute Gasteiger partial charge is 0.383 e. The minimum atomic E-state index is 0.244. The maximum atomic E-state index is 9.66. The fraction of sp³-hybridized carbons (Fsp3) is 0.143. The fourth-order valence-corrected chi connectivity index (χ4v) is 3.16. The molecule has 3 nitrogen and oxygen atoms in total. The number of benzene rings is 2. The Hall–Kier alpha value is -2.83. The molecule has 2 aromatic carbocycles. The van der Waals surface area contributed by atoms with Gasteiger partial charge in [-0.3, -0.25) is 0 Å². The highest BCUT2D eigenvalue weighted by molar-refractivity contribution is 6.30. The molecule has 0 spiro atoms. The summed E-state index contributed by atoms with van der Waals surface area (Å²) in [6, 6.07) is 15.9. The first kappa shape index (κ1) is 17.0. The molecule has 0 saturated heterocycles. The van der Waals surface area contributed by atoms with Crippen LogP contribution in [-0.4, -0.2) is 4.98 Å². The summed E-state index contributed by atoms with van der Waals surface area (Å²) in [4.78, 5) is 4.49. The Bertz CT molecular complexity index is 999. The molecule has 0 radical (unpaired) electrons. The molecule has 0 atom stereocenters. The number of aryl methyl sites for hydroxylation is 2. The molecule has 124 valence electrons. The van der Waals surface area contributed by atoms with E-state index in [1.54, 1.807) is 0 Å². The van der Waals surface area contributed by atoms with Crippen LogP contribution >= 0.6 is 11.6 Å². The summed E-state index contributed by atoms with van der Waals surface area (Å²) in [5, 5.41) is 10.3. The zero-order valence-electron chi connectivity index (χ0n) is 14.4. The third-order valence-electron chi connectivity index (χ3n) is 4.36. The van der Waals surface area contributed by atoms with E-state index in [0.29, 0.717) is 10.6 Å². The molecule has 0 aliphatic heterocycles. The molecule has 3 aromatic rings. The van der Waals surface area contributed by atoms with E-state index in [1.807, 2.05) is 45.0 Å². The zero-order valence-corrected chi connectivity index (χ0v) is 15.1. The van der Waals surface area contributed by atoms with Crippen LogP contribution in [0.2, 0.25) is 5.02 Å². The molecule has 4 heteroatoms. The standard InChI is InChI=1S/C21H18ClN3/c1-12-4-5-13(2)17(10-12)19-14(3)20(25-21(24)18(19)11-23)15-6-8-16(22)9-7-15/h4-10H,1-3H3,(H2,24,25). The number of nitrogens with zero attached hydrogens (tertiary/aromatic N) is 2. The molecular weight excluding hydrogens is 330 g/mol. The van der Waals surface area contributed by atoms with Gasteiger partial charge in [0.05, 0.1) is 5.69 Å². The number of aromatic nitrogens is 1. The average Bonchev–Trinajstić information content (AvgIpc) is 2.59. The quantitative estimate of drug-likeness (QED) is 0.670. The normalized spacial score (nSPS) is 10.5. The maximum absolute atomic E-state index is 9.66. The minimum absolute atomic E-state index is 0.244. The molecule has 1 aromatic heterocycles. The van der Waals surface area contributed by atoms with E-state index >= 15 is 0 Å². The van der Waals surface area contributed by atoms with E-state index in [4.69, 9.17) is 17.3 Å². The Balaban J connectivity index is 2.36. The van der Waals surface area contributed by atoms with E-state index in [2.05, 4.69) is 29.3 Å². The van der Waals surface area contributed by atoms with Crippen molar-refractivity contribution >= 4 is 17.4 Å². The van der Waals surface area contributed by atoms with Gasteiger partial charge in [0, 0.05) is 16.1 Å². The zero-order chi connectivity index (χ0) is 18.1. The predicted molar refractivity (Wildman–Crippen MR) is 103 cm³/mol. The molecule has 0 amide bonds.